The van der Waals surface area contributed by atoms with E-state index in [1.165, 1.54) is 6.07 Å². The second-order valence-electron chi connectivity index (χ2n) is 4.06. The first-order chi connectivity index (χ1) is 9.08. The highest BCUT2D eigenvalue weighted by molar-refractivity contribution is 6.29. The highest BCUT2D eigenvalue weighted by Crippen LogP contribution is 2.29. The van der Waals surface area contributed by atoms with Gasteiger partial charge in [-0.1, -0.05) is 41.9 Å². The molecule has 1 atom stereocenters. The molecule has 19 heavy (non-hydrogen) atoms. The lowest BCUT2D eigenvalue weighted by atomic mass is 10.1. The highest BCUT2D eigenvalue weighted by atomic mass is 35.5. The molecule has 0 spiro atoms. The van der Waals surface area contributed by atoms with Crippen molar-refractivity contribution in [2.24, 2.45) is 0 Å². The molecule has 1 aromatic carbocycles. The van der Waals surface area contributed by atoms with Gasteiger partial charge in [0.05, 0.1) is 4.92 Å². The summed E-state index contributed by atoms with van der Waals surface area (Å²) < 4.78 is 0. The molecule has 2 rings (SSSR count). The third kappa shape index (κ3) is 3.20. The topological polar surface area (TPSA) is 68.1 Å². The maximum Gasteiger partial charge on any atom is 0.310 e. The average Bonchev–Trinajstić information content (AvgIpc) is 2.39. The number of pyridine rings is 1. The van der Waals surface area contributed by atoms with E-state index in [0.717, 1.165) is 11.8 Å². The Hall–Kier alpha value is -2.14. The second kappa shape index (κ2) is 5.67. The van der Waals surface area contributed by atoms with Gasteiger partial charge in [0, 0.05) is 12.1 Å². The molecule has 1 N–H and O–H groups in total. The number of anilines is 1. The van der Waals surface area contributed by atoms with Crippen LogP contribution in [0.15, 0.2) is 42.6 Å². The van der Waals surface area contributed by atoms with Crippen molar-refractivity contribution < 1.29 is 4.92 Å². The molecule has 5 nitrogen and oxygen atoms in total. The molecule has 6 heteroatoms. The average molecular weight is 278 g/mol. The summed E-state index contributed by atoms with van der Waals surface area (Å²) in [7, 11) is 0. The molecular weight excluding hydrogens is 266 g/mol. The van der Waals surface area contributed by atoms with Gasteiger partial charge in [0.2, 0.25) is 0 Å². The number of benzene rings is 1. The van der Waals surface area contributed by atoms with Gasteiger partial charge in [0.25, 0.3) is 0 Å². The van der Waals surface area contributed by atoms with Crippen molar-refractivity contribution in [1.29, 1.82) is 0 Å². The molecule has 0 aliphatic rings. The molecule has 0 aliphatic carbocycles. The summed E-state index contributed by atoms with van der Waals surface area (Å²) in [6, 6.07) is 11.0. The van der Waals surface area contributed by atoms with Crippen LogP contribution in [0.3, 0.4) is 0 Å². The van der Waals surface area contributed by atoms with Crippen LogP contribution < -0.4 is 5.32 Å². The first-order valence-corrected chi connectivity index (χ1v) is 6.07. The molecule has 0 amide bonds. The summed E-state index contributed by atoms with van der Waals surface area (Å²) in [6.07, 6.45) is 1.16. The van der Waals surface area contributed by atoms with E-state index in [4.69, 9.17) is 11.6 Å². The fraction of sp³-hybridized carbons (Fsp3) is 0.154. The number of nitrogens with one attached hydrogen (secondary N) is 1. The Balaban J connectivity index is 2.28. The van der Waals surface area contributed by atoms with Gasteiger partial charge in [-0.15, -0.1) is 0 Å². The SMILES string of the molecule is CC(Nc1cc(Cl)ncc1[N+](=O)[O-])c1ccccc1. The number of nitro groups is 1. The van der Waals surface area contributed by atoms with Crippen LogP contribution >= 0.6 is 11.6 Å². The van der Waals surface area contributed by atoms with E-state index < -0.39 is 4.92 Å². The van der Waals surface area contributed by atoms with Gasteiger partial charge in [-0.2, -0.15) is 0 Å². The van der Waals surface area contributed by atoms with Crippen molar-refractivity contribution in [1.82, 2.24) is 4.98 Å². The Morgan fingerprint density at radius 3 is 2.68 bits per heavy atom. The van der Waals surface area contributed by atoms with E-state index in [2.05, 4.69) is 10.3 Å². The predicted octanol–water partition coefficient (Wildman–Crippen LogP) is 3.82. The Bertz CT molecular complexity index is 590. The monoisotopic (exact) mass is 277 g/mol. The highest BCUT2D eigenvalue weighted by Gasteiger charge is 2.17. The molecule has 0 aliphatic heterocycles. The number of nitrogens with zero attached hydrogens (tertiary/aromatic N) is 2. The number of aromatic nitrogens is 1. The molecule has 0 radical (unpaired) electrons. The van der Waals surface area contributed by atoms with E-state index in [0.29, 0.717) is 5.69 Å². The lowest BCUT2D eigenvalue weighted by Crippen LogP contribution is -2.08. The van der Waals surface area contributed by atoms with Gasteiger partial charge in [-0.25, -0.2) is 4.98 Å². The zero-order valence-corrected chi connectivity index (χ0v) is 11.0. The molecule has 2 aromatic rings. The summed E-state index contributed by atoms with van der Waals surface area (Å²) in [4.78, 5) is 14.2. The number of hydrogen-bond donors (Lipinski definition) is 1. The van der Waals surface area contributed by atoms with Gasteiger partial charge in [-0.05, 0) is 12.5 Å². The van der Waals surface area contributed by atoms with Crippen molar-refractivity contribution in [2.45, 2.75) is 13.0 Å². The quantitative estimate of drug-likeness (QED) is 0.524. The van der Waals surface area contributed by atoms with E-state index in [1.807, 2.05) is 37.3 Å². The molecule has 0 saturated carbocycles. The maximum atomic E-state index is 10.9. The molecule has 0 fully saturated rings. The molecule has 0 bridgehead atoms. The van der Waals surface area contributed by atoms with Crippen LogP contribution in [0.4, 0.5) is 11.4 Å². The zero-order chi connectivity index (χ0) is 13.8. The Morgan fingerprint density at radius 2 is 2.05 bits per heavy atom. The maximum absolute atomic E-state index is 10.9. The summed E-state index contributed by atoms with van der Waals surface area (Å²) >= 11 is 5.78. The van der Waals surface area contributed by atoms with Crippen LogP contribution in [-0.2, 0) is 0 Å². The molecular formula is C13H12ClN3O2. The van der Waals surface area contributed by atoms with Crippen molar-refractivity contribution in [3.63, 3.8) is 0 Å². The molecule has 1 heterocycles. The van der Waals surface area contributed by atoms with Crippen molar-refractivity contribution in [3.05, 3.63) is 63.4 Å². The Labute approximate surface area is 115 Å². The van der Waals surface area contributed by atoms with Gasteiger partial charge in [0.1, 0.15) is 17.0 Å². The van der Waals surface area contributed by atoms with Crippen LogP contribution in [0, 0.1) is 10.1 Å². The van der Waals surface area contributed by atoms with Crippen molar-refractivity contribution in [2.75, 3.05) is 5.32 Å². The third-order valence-electron chi connectivity index (χ3n) is 2.72. The minimum absolute atomic E-state index is 0.0710. The van der Waals surface area contributed by atoms with E-state index in [-0.39, 0.29) is 16.9 Å². The van der Waals surface area contributed by atoms with E-state index in [1.54, 1.807) is 0 Å². The number of halogens is 1. The Kier molecular flexibility index (Phi) is 3.97. The predicted molar refractivity (Wildman–Crippen MR) is 74.4 cm³/mol. The lowest BCUT2D eigenvalue weighted by molar-refractivity contribution is -0.384. The van der Waals surface area contributed by atoms with Gasteiger partial charge in [-0.3, -0.25) is 10.1 Å². The van der Waals surface area contributed by atoms with Crippen LogP contribution in [0.5, 0.6) is 0 Å². The summed E-state index contributed by atoms with van der Waals surface area (Å²) in [5, 5.41) is 14.2. The van der Waals surface area contributed by atoms with Crippen LogP contribution in [0.25, 0.3) is 0 Å². The van der Waals surface area contributed by atoms with Crippen molar-refractivity contribution >= 4 is 23.0 Å². The van der Waals surface area contributed by atoms with Gasteiger partial charge < -0.3 is 5.32 Å². The lowest BCUT2D eigenvalue weighted by Gasteiger charge is -2.15. The van der Waals surface area contributed by atoms with E-state index in [9.17, 15) is 10.1 Å². The normalized spacial score (nSPS) is 11.9. The molecule has 98 valence electrons. The summed E-state index contributed by atoms with van der Waals surface area (Å²) in [5.74, 6) is 0. The largest absolute Gasteiger partial charge is 0.373 e. The standard InChI is InChI=1S/C13H12ClN3O2/c1-9(10-5-3-2-4-6-10)16-11-7-13(14)15-8-12(11)17(18)19/h2-9H,1H3,(H,15,16). The Morgan fingerprint density at radius 1 is 1.37 bits per heavy atom. The smallest absolute Gasteiger partial charge is 0.310 e. The number of hydrogen-bond acceptors (Lipinski definition) is 4. The fourth-order valence-corrected chi connectivity index (χ4v) is 1.90. The van der Waals surface area contributed by atoms with Crippen LogP contribution in [-0.4, -0.2) is 9.91 Å². The molecule has 1 aromatic heterocycles. The van der Waals surface area contributed by atoms with Crippen LogP contribution in [0.2, 0.25) is 5.15 Å². The minimum atomic E-state index is -0.483. The summed E-state index contributed by atoms with van der Waals surface area (Å²) in [6.45, 7) is 1.92. The second-order valence-corrected chi connectivity index (χ2v) is 4.45. The third-order valence-corrected chi connectivity index (χ3v) is 2.92. The molecule has 0 saturated heterocycles. The zero-order valence-electron chi connectivity index (χ0n) is 10.2. The molecule has 1 unspecified atom stereocenters. The first kappa shape index (κ1) is 13.3. The summed E-state index contributed by atoms with van der Waals surface area (Å²) in [5.41, 5.74) is 1.30. The minimum Gasteiger partial charge on any atom is -0.373 e. The first-order valence-electron chi connectivity index (χ1n) is 5.69. The van der Waals surface area contributed by atoms with Crippen LogP contribution in [0.1, 0.15) is 18.5 Å². The van der Waals surface area contributed by atoms with Gasteiger partial charge in [0.15, 0.2) is 0 Å². The number of rotatable bonds is 4. The fourth-order valence-electron chi connectivity index (χ4n) is 1.74. The van der Waals surface area contributed by atoms with E-state index >= 15 is 0 Å². The van der Waals surface area contributed by atoms with Gasteiger partial charge >= 0.3 is 5.69 Å². The van der Waals surface area contributed by atoms with Crippen molar-refractivity contribution in [3.8, 4) is 0 Å².